The third kappa shape index (κ3) is 1.67. The van der Waals surface area contributed by atoms with Crippen LogP contribution < -0.4 is 0 Å². The highest BCUT2D eigenvalue weighted by Crippen LogP contribution is 2.44. The van der Waals surface area contributed by atoms with Crippen LogP contribution >= 0.6 is 0 Å². The van der Waals surface area contributed by atoms with E-state index in [1.807, 2.05) is 30.3 Å². The maximum absolute atomic E-state index is 11.4. The number of carbonyl (C=O) groups is 1. The number of carboxylic acids is 1. The molecule has 0 radical (unpaired) electrons. The predicted molar refractivity (Wildman–Crippen MR) is 69.4 cm³/mol. The van der Waals surface area contributed by atoms with Gasteiger partial charge in [-0.1, -0.05) is 24.6 Å². The SMILES string of the molecule is O=C(O)C1(Cc2ccnc3ccccc23)CCC1. The number of para-hydroxylation sites is 1. The minimum absolute atomic E-state index is 0.538. The Balaban J connectivity index is 2.02. The molecule has 92 valence electrons. The van der Waals surface area contributed by atoms with Crippen LogP contribution in [0, 0.1) is 5.41 Å². The van der Waals surface area contributed by atoms with E-state index < -0.39 is 11.4 Å². The molecule has 0 spiro atoms. The first-order valence-electron chi connectivity index (χ1n) is 6.27. The summed E-state index contributed by atoms with van der Waals surface area (Å²) in [6.45, 7) is 0. The average Bonchev–Trinajstić information content (AvgIpc) is 2.33. The fourth-order valence-corrected chi connectivity index (χ4v) is 2.74. The number of pyridine rings is 1. The normalized spacial score (nSPS) is 17.3. The van der Waals surface area contributed by atoms with Crippen LogP contribution in [0.4, 0.5) is 0 Å². The van der Waals surface area contributed by atoms with Gasteiger partial charge >= 0.3 is 5.97 Å². The Bertz CT molecular complexity index is 597. The monoisotopic (exact) mass is 241 g/mol. The van der Waals surface area contributed by atoms with Crippen LogP contribution in [-0.2, 0) is 11.2 Å². The molecule has 0 aliphatic heterocycles. The minimum Gasteiger partial charge on any atom is -0.481 e. The molecule has 18 heavy (non-hydrogen) atoms. The molecule has 1 N–H and O–H groups in total. The van der Waals surface area contributed by atoms with E-state index in [2.05, 4.69) is 4.98 Å². The Morgan fingerprint density at radius 3 is 2.72 bits per heavy atom. The van der Waals surface area contributed by atoms with Crippen LogP contribution in [0.25, 0.3) is 10.9 Å². The molecule has 0 unspecified atom stereocenters. The van der Waals surface area contributed by atoms with Crippen LogP contribution in [0.2, 0.25) is 0 Å². The summed E-state index contributed by atoms with van der Waals surface area (Å²) in [7, 11) is 0. The van der Waals surface area contributed by atoms with E-state index in [1.165, 1.54) is 0 Å². The number of hydrogen-bond donors (Lipinski definition) is 1. The van der Waals surface area contributed by atoms with Gasteiger partial charge in [-0.25, -0.2) is 0 Å². The van der Waals surface area contributed by atoms with Crippen LogP contribution in [0.3, 0.4) is 0 Å². The van der Waals surface area contributed by atoms with Crippen molar-refractivity contribution in [3.8, 4) is 0 Å². The summed E-state index contributed by atoms with van der Waals surface area (Å²) in [5.74, 6) is -0.658. The molecule has 1 heterocycles. The van der Waals surface area contributed by atoms with Crippen molar-refractivity contribution < 1.29 is 9.90 Å². The van der Waals surface area contributed by atoms with Gasteiger partial charge in [0.05, 0.1) is 10.9 Å². The van der Waals surface area contributed by atoms with E-state index in [9.17, 15) is 9.90 Å². The maximum atomic E-state index is 11.4. The summed E-state index contributed by atoms with van der Waals surface area (Å²) in [4.78, 5) is 15.7. The van der Waals surface area contributed by atoms with Crippen molar-refractivity contribution >= 4 is 16.9 Å². The van der Waals surface area contributed by atoms with Gasteiger partial charge < -0.3 is 5.11 Å². The number of rotatable bonds is 3. The van der Waals surface area contributed by atoms with E-state index in [0.717, 1.165) is 35.7 Å². The number of aliphatic carboxylic acids is 1. The number of nitrogens with zero attached hydrogens (tertiary/aromatic N) is 1. The van der Waals surface area contributed by atoms with Crippen molar-refractivity contribution in [3.05, 3.63) is 42.1 Å². The summed E-state index contributed by atoms with van der Waals surface area (Å²) >= 11 is 0. The van der Waals surface area contributed by atoms with E-state index in [0.29, 0.717) is 6.42 Å². The molecule has 3 heteroatoms. The summed E-state index contributed by atoms with van der Waals surface area (Å²) in [6, 6.07) is 9.86. The van der Waals surface area contributed by atoms with E-state index in [1.54, 1.807) is 6.20 Å². The van der Waals surface area contributed by atoms with Crippen molar-refractivity contribution in [2.45, 2.75) is 25.7 Å². The predicted octanol–water partition coefficient (Wildman–Crippen LogP) is 3.03. The lowest BCUT2D eigenvalue weighted by Gasteiger charge is -2.38. The van der Waals surface area contributed by atoms with Crippen LogP contribution in [0.15, 0.2) is 36.5 Å². The van der Waals surface area contributed by atoms with Gasteiger partial charge in [-0.2, -0.15) is 0 Å². The Hall–Kier alpha value is -1.90. The van der Waals surface area contributed by atoms with Crippen LogP contribution in [-0.4, -0.2) is 16.1 Å². The molecular weight excluding hydrogens is 226 g/mol. The second kappa shape index (κ2) is 4.09. The molecule has 3 rings (SSSR count). The summed E-state index contributed by atoms with van der Waals surface area (Å²) in [5, 5.41) is 10.5. The van der Waals surface area contributed by atoms with E-state index in [4.69, 9.17) is 0 Å². The second-order valence-corrected chi connectivity index (χ2v) is 5.10. The molecular formula is C15H15NO2. The summed E-state index contributed by atoms with van der Waals surface area (Å²) in [5.41, 5.74) is 1.50. The first-order valence-corrected chi connectivity index (χ1v) is 6.27. The lowest BCUT2D eigenvalue weighted by atomic mass is 9.65. The Labute approximate surface area is 105 Å². The smallest absolute Gasteiger partial charge is 0.309 e. The average molecular weight is 241 g/mol. The molecule has 0 bridgehead atoms. The topological polar surface area (TPSA) is 50.2 Å². The van der Waals surface area contributed by atoms with Gasteiger partial charge in [0.2, 0.25) is 0 Å². The number of benzene rings is 1. The Morgan fingerprint density at radius 1 is 1.28 bits per heavy atom. The second-order valence-electron chi connectivity index (χ2n) is 5.10. The molecule has 1 aromatic heterocycles. The van der Waals surface area contributed by atoms with Gasteiger partial charge in [0, 0.05) is 11.6 Å². The molecule has 1 aliphatic rings. The first-order chi connectivity index (χ1) is 8.71. The zero-order valence-corrected chi connectivity index (χ0v) is 10.1. The van der Waals surface area contributed by atoms with Crippen LogP contribution in [0.1, 0.15) is 24.8 Å². The summed E-state index contributed by atoms with van der Waals surface area (Å²) < 4.78 is 0. The molecule has 2 aromatic rings. The minimum atomic E-state index is -0.658. The number of carboxylic acid groups (broad SMARTS) is 1. The van der Waals surface area contributed by atoms with E-state index in [-0.39, 0.29) is 0 Å². The molecule has 1 saturated carbocycles. The quantitative estimate of drug-likeness (QED) is 0.898. The van der Waals surface area contributed by atoms with Crippen molar-refractivity contribution in [3.63, 3.8) is 0 Å². The third-order valence-electron chi connectivity index (χ3n) is 4.03. The Kier molecular flexibility index (Phi) is 2.54. The zero-order valence-electron chi connectivity index (χ0n) is 10.1. The largest absolute Gasteiger partial charge is 0.481 e. The molecule has 1 aliphatic carbocycles. The van der Waals surface area contributed by atoms with Crippen molar-refractivity contribution in [1.82, 2.24) is 4.98 Å². The highest BCUT2D eigenvalue weighted by Gasteiger charge is 2.44. The lowest BCUT2D eigenvalue weighted by Crippen LogP contribution is -2.39. The molecule has 3 nitrogen and oxygen atoms in total. The standard InChI is InChI=1S/C15H15NO2/c17-14(18)15(7-3-8-15)10-11-6-9-16-13-5-2-1-4-12(11)13/h1-2,4-6,9H,3,7-8,10H2,(H,17,18). The van der Waals surface area contributed by atoms with Gasteiger partial charge in [-0.15, -0.1) is 0 Å². The molecule has 1 fully saturated rings. The van der Waals surface area contributed by atoms with Crippen molar-refractivity contribution in [1.29, 1.82) is 0 Å². The van der Waals surface area contributed by atoms with Gasteiger partial charge in [0.25, 0.3) is 0 Å². The maximum Gasteiger partial charge on any atom is 0.309 e. The van der Waals surface area contributed by atoms with Gasteiger partial charge in [-0.3, -0.25) is 9.78 Å². The van der Waals surface area contributed by atoms with Gasteiger partial charge in [0.15, 0.2) is 0 Å². The highest BCUT2D eigenvalue weighted by molar-refractivity contribution is 5.83. The van der Waals surface area contributed by atoms with Gasteiger partial charge in [0.1, 0.15) is 0 Å². The fraction of sp³-hybridized carbons (Fsp3) is 0.333. The van der Waals surface area contributed by atoms with Crippen molar-refractivity contribution in [2.24, 2.45) is 5.41 Å². The van der Waals surface area contributed by atoms with Crippen molar-refractivity contribution in [2.75, 3.05) is 0 Å². The van der Waals surface area contributed by atoms with Crippen LogP contribution in [0.5, 0.6) is 0 Å². The number of fused-ring (bicyclic) bond motifs is 1. The zero-order chi connectivity index (χ0) is 12.6. The molecule has 0 amide bonds. The number of aromatic nitrogens is 1. The molecule has 0 atom stereocenters. The van der Waals surface area contributed by atoms with E-state index >= 15 is 0 Å². The first kappa shape index (κ1) is 11.2. The third-order valence-corrected chi connectivity index (χ3v) is 4.03. The van der Waals surface area contributed by atoms with Gasteiger partial charge in [-0.05, 0) is 37.0 Å². The Morgan fingerprint density at radius 2 is 2.06 bits per heavy atom. The molecule has 0 saturated heterocycles. The summed E-state index contributed by atoms with van der Waals surface area (Å²) in [6.07, 6.45) is 4.99. The number of hydrogen-bond acceptors (Lipinski definition) is 2. The lowest BCUT2D eigenvalue weighted by molar-refractivity contribution is -0.154. The highest BCUT2D eigenvalue weighted by atomic mass is 16.4. The molecule has 1 aromatic carbocycles. The fourth-order valence-electron chi connectivity index (χ4n) is 2.74.